The molecule has 0 unspecified atom stereocenters. The Labute approximate surface area is 90.3 Å². The van der Waals surface area contributed by atoms with E-state index in [1.54, 1.807) is 0 Å². The van der Waals surface area contributed by atoms with Crippen molar-refractivity contribution in [2.45, 2.75) is 19.9 Å². The minimum absolute atomic E-state index is 0.402. The molecule has 1 aliphatic heterocycles. The van der Waals surface area contributed by atoms with Gasteiger partial charge < -0.3 is 20.5 Å². The summed E-state index contributed by atoms with van der Waals surface area (Å²) >= 11 is 0. The number of nitrogen functional groups attached to an aromatic ring is 1. The van der Waals surface area contributed by atoms with Gasteiger partial charge in [-0.1, -0.05) is 0 Å². The maximum Gasteiger partial charge on any atom is 0.207 e. The Balaban J connectivity index is 2.25. The van der Waals surface area contributed by atoms with Gasteiger partial charge in [0, 0.05) is 38.4 Å². The van der Waals surface area contributed by atoms with Crippen LogP contribution in [0.2, 0.25) is 0 Å². The second-order valence-corrected chi connectivity index (χ2v) is 4.20. The fraction of sp³-hybridized carbons (Fsp3) is 0.700. The van der Waals surface area contributed by atoms with Crippen LogP contribution in [-0.2, 0) is 0 Å². The number of hydrogen-bond acceptors (Lipinski definition) is 4. The van der Waals surface area contributed by atoms with Crippen LogP contribution in [0.4, 0.5) is 11.8 Å². The van der Waals surface area contributed by atoms with Crippen LogP contribution >= 0.6 is 0 Å². The predicted molar refractivity (Wildman–Crippen MR) is 62.1 cm³/mol. The van der Waals surface area contributed by atoms with E-state index in [1.807, 2.05) is 6.20 Å². The smallest absolute Gasteiger partial charge is 0.207 e. The molecule has 2 rings (SSSR count). The van der Waals surface area contributed by atoms with E-state index in [1.165, 1.54) is 0 Å². The van der Waals surface area contributed by atoms with Crippen molar-refractivity contribution in [1.29, 1.82) is 0 Å². The predicted octanol–water partition coefficient (Wildman–Crippen LogP) is 0.456. The van der Waals surface area contributed by atoms with Gasteiger partial charge >= 0.3 is 0 Å². The number of piperazine rings is 1. The maximum absolute atomic E-state index is 5.75. The lowest BCUT2D eigenvalue weighted by Gasteiger charge is -2.29. The highest BCUT2D eigenvalue weighted by molar-refractivity contribution is 5.42. The maximum atomic E-state index is 5.75. The zero-order chi connectivity index (χ0) is 10.8. The van der Waals surface area contributed by atoms with Crippen LogP contribution < -0.4 is 16.0 Å². The number of nitrogens with zero attached hydrogens (tertiary/aromatic N) is 3. The molecule has 5 nitrogen and oxygen atoms in total. The van der Waals surface area contributed by atoms with E-state index in [-0.39, 0.29) is 0 Å². The molecule has 5 heteroatoms. The Kier molecular flexibility index (Phi) is 2.81. The van der Waals surface area contributed by atoms with Crippen molar-refractivity contribution in [3.8, 4) is 0 Å². The quantitative estimate of drug-likeness (QED) is 0.742. The van der Waals surface area contributed by atoms with Crippen molar-refractivity contribution in [2.24, 2.45) is 0 Å². The van der Waals surface area contributed by atoms with E-state index < -0.39 is 0 Å². The summed E-state index contributed by atoms with van der Waals surface area (Å²) in [7, 11) is 0. The molecule has 1 fully saturated rings. The SMILES string of the molecule is CC(C)n1cc(N)nc1N1CCNCC1. The van der Waals surface area contributed by atoms with Gasteiger partial charge in [-0.3, -0.25) is 0 Å². The zero-order valence-corrected chi connectivity index (χ0v) is 9.40. The minimum Gasteiger partial charge on any atom is -0.382 e. The third-order valence-electron chi connectivity index (χ3n) is 2.69. The van der Waals surface area contributed by atoms with Gasteiger partial charge in [-0.15, -0.1) is 0 Å². The molecule has 2 heterocycles. The topological polar surface area (TPSA) is 59.1 Å². The van der Waals surface area contributed by atoms with Gasteiger partial charge in [0.2, 0.25) is 5.95 Å². The molecule has 0 atom stereocenters. The summed E-state index contributed by atoms with van der Waals surface area (Å²) in [6.07, 6.45) is 1.92. The molecule has 0 aliphatic carbocycles. The Bertz CT molecular complexity index is 325. The van der Waals surface area contributed by atoms with Crippen LogP contribution in [0.1, 0.15) is 19.9 Å². The minimum atomic E-state index is 0.402. The first-order valence-electron chi connectivity index (χ1n) is 5.48. The van der Waals surface area contributed by atoms with E-state index in [0.717, 1.165) is 32.1 Å². The molecule has 0 aromatic carbocycles. The Hall–Kier alpha value is -1.23. The Morgan fingerprint density at radius 3 is 2.67 bits per heavy atom. The lowest BCUT2D eigenvalue weighted by Crippen LogP contribution is -2.44. The standard InChI is InChI=1S/C10H19N5/c1-8(2)15-7-9(11)13-10(15)14-5-3-12-4-6-14/h7-8,12H,3-6,11H2,1-2H3. The first-order chi connectivity index (χ1) is 7.18. The summed E-state index contributed by atoms with van der Waals surface area (Å²) in [6, 6.07) is 0.402. The van der Waals surface area contributed by atoms with E-state index in [0.29, 0.717) is 11.9 Å². The molecule has 15 heavy (non-hydrogen) atoms. The van der Waals surface area contributed by atoms with Gasteiger partial charge in [-0.05, 0) is 13.8 Å². The zero-order valence-electron chi connectivity index (χ0n) is 9.40. The van der Waals surface area contributed by atoms with Crippen molar-refractivity contribution in [3.05, 3.63) is 6.20 Å². The van der Waals surface area contributed by atoms with Crippen LogP contribution in [0.25, 0.3) is 0 Å². The van der Waals surface area contributed by atoms with Crippen LogP contribution in [0.5, 0.6) is 0 Å². The number of nitrogens with two attached hydrogens (primary N) is 1. The van der Waals surface area contributed by atoms with E-state index in [4.69, 9.17) is 5.73 Å². The van der Waals surface area contributed by atoms with E-state index in [9.17, 15) is 0 Å². The Morgan fingerprint density at radius 2 is 2.07 bits per heavy atom. The van der Waals surface area contributed by atoms with E-state index >= 15 is 0 Å². The molecule has 0 spiro atoms. The fourth-order valence-corrected chi connectivity index (χ4v) is 1.88. The highest BCUT2D eigenvalue weighted by atomic mass is 15.3. The normalized spacial score (nSPS) is 17.4. The summed E-state index contributed by atoms with van der Waals surface area (Å²) in [5.74, 6) is 1.61. The number of aromatic nitrogens is 2. The molecule has 0 radical (unpaired) electrons. The van der Waals surface area contributed by atoms with Gasteiger partial charge in [0.05, 0.1) is 0 Å². The van der Waals surface area contributed by atoms with Crippen LogP contribution in [-0.4, -0.2) is 35.7 Å². The molecule has 1 saturated heterocycles. The van der Waals surface area contributed by atoms with Gasteiger partial charge in [-0.2, -0.15) is 4.98 Å². The summed E-state index contributed by atoms with van der Waals surface area (Å²) in [6.45, 7) is 8.34. The summed E-state index contributed by atoms with van der Waals surface area (Å²) in [4.78, 5) is 6.68. The molecule has 1 aromatic heterocycles. The molecule has 84 valence electrons. The van der Waals surface area contributed by atoms with Crippen LogP contribution in [0, 0.1) is 0 Å². The number of rotatable bonds is 2. The second kappa shape index (κ2) is 4.10. The van der Waals surface area contributed by atoms with Gasteiger partial charge in [0.25, 0.3) is 0 Å². The molecular weight excluding hydrogens is 190 g/mol. The molecule has 0 bridgehead atoms. The van der Waals surface area contributed by atoms with Crippen molar-refractivity contribution in [3.63, 3.8) is 0 Å². The number of anilines is 2. The summed E-state index contributed by atoms with van der Waals surface area (Å²) in [5, 5.41) is 3.33. The van der Waals surface area contributed by atoms with Crippen molar-refractivity contribution < 1.29 is 0 Å². The first-order valence-corrected chi connectivity index (χ1v) is 5.48. The monoisotopic (exact) mass is 209 g/mol. The summed E-state index contributed by atoms with van der Waals surface area (Å²) in [5.41, 5.74) is 5.75. The highest BCUT2D eigenvalue weighted by Gasteiger charge is 2.17. The summed E-state index contributed by atoms with van der Waals surface area (Å²) < 4.78 is 2.14. The van der Waals surface area contributed by atoms with Gasteiger partial charge in [-0.25, -0.2) is 0 Å². The lowest BCUT2D eigenvalue weighted by molar-refractivity contribution is 0.541. The van der Waals surface area contributed by atoms with Gasteiger partial charge in [0.1, 0.15) is 5.82 Å². The molecule has 3 N–H and O–H groups in total. The van der Waals surface area contributed by atoms with Crippen LogP contribution in [0.15, 0.2) is 6.20 Å². The third-order valence-corrected chi connectivity index (χ3v) is 2.69. The highest BCUT2D eigenvalue weighted by Crippen LogP contribution is 2.20. The second-order valence-electron chi connectivity index (χ2n) is 4.20. The average molecular weight is 209 g/mol. The lowest BCUT2D eigenvalue weighted by atomic mass is 10.3. The number of nitrogens with one attached hydrogen (secondary N) is 1. The molecule has 0 amide bonds. The number of hydrogen-bond donors (Lipinski definition) is 2. The van der Waals surface area contributed by atoms with Gasteiger partial charge in [0.15, 0.2) is 0 Å². The molecular formula is C10H19N5. The first kappa shape index (κ1) is 10.3. The fourth-order valence-electron chi connectivity index (χ4n) is 1.88. The largest absolute Gasteiger partial charge is 0.382 e. The average Bonchev–Trinajstić information content (AvgIpc) is 2.62. The molecule has 0 saturated carbocycles. The molecule has 1 aliphatic rings. The van der Waals surface area contributed by atoms with Crippen molar-refractivity contribution in [1.82, 2.24) is 14.9 Å². The molecule has 1 aromatic rings. The van der Waals surface area contributed by atoms with Crippen LogP contribution in [0.3, 0.4) is 0 Å². The van der Waals surface area contributed by atoms with E-state index in [2.05, 4.69) is 33.6 Å². The van der Waals surface area contributed by atoms with Crippen molar-refractivity contribution >= 4 is 11.8 Å². The number of imidazole rings is 1. The Morgan fingerprint density at radius 1 is 1.40 bits per heavy atom. The van der Waals surface area contributed by atoms with Crippen molar-refractivity contribution in [2.75, 3.05) is 36.8 Å². The third kappa shape index (κ3) is 2.07.